The highest BCUT2D eigenvalue weighted by molar-refractivity contribution is 6.39. The van der Waals surface area contributed by atoms with Crippen molar-refractivity contribution in [3.63, 3.8) is 0 Å². The van der Waals surface area contributed by atoms with Crippen molar-refractivity contribution in [2.45, 2.75) is 44.9 Å². The van der Waals surface area contributed by atoms with Crippen molar-refractivity contribution in [1.29, 1.82) is 5.41 Å². The number of nitrogens with one attached hydrogen (secondary N) is 3. The summed E-state index contributed by atoms with van der Waals surface area (Å²) in [7, 11) is 0. The molecule has 33 heavy (non-hydrogen) atoms. The summed E-state index contributed by atoms with van der Waals surface area (Å²) in [6, 6.07) is 3.24. The Morgan fingerprint density at radius 3 is 2.88 bits per heavy atom. The van der Waals surface area contributed by atoms with Gasteiger partial charge in [-0.25, -0.2) is 13.8 Å². The van der Waals surface area contributed by atoms with Gasteiger partial charge in [-0.3, -0.25) is 4.79 Å². The number of rotatable bonds is 5. The van der Waals surface area contributed by atoms with Crippen molar-refractivity contribution in [3.05, 3.63) is 51.7 Å². The molecule has 3 aliphatic heterocycles. The molecule has 3 heterocycles. The van der Waals surface area contributed by atoms with Crippen LogP contribution in [0.15, 0.2) is 45.3 Å². The summed E-state index contributed by atoms with van der Waals surface area (Å²) >= 11 is 6.02. The smallest absolute Gasteiger partial charge is 0.258 e. The van der Waals surface area contributed by atoms with Crippen molar-refractivity contribution >= 4 is 29.4 Å². The molecular formula is C23H26ClF2N5O2. The quantitative estimate of drug-likeness (QED) is 0.605. The lowest BCUT2D eigenvalue weighted by molar-refractivity contribution is 0.0798. The highest BCUT2D eigenvalue weighted by atomic mass is 35.5. The minimum atomic E-state index is -1.06. The number of hydrogen-bond donors (Lipinski definition) is 3. The van der Waals surface area contributed by atoms with E-state index >= 15 is 0 Å². The minimum absolute atomic E-state index is 0.0163. The van der Waals surface area contributed by atoms with Gasteiger partial charge in [-0.1, -0.05) is 18.5 Å². The van der Waals surface area contributed by atoms with E-state index in [1.165, 1.54) is 23.2 Å². The second-order valence-electron chi connectivity index (χ2n) is 8.40. The molecule has 0 aliphatic carbocycles. The van der Waals surface area contributed by atoms with Gasteiger partial charge in [0, 0.05) is 29.6 Å². The van der Waals surface area contributed by atoms with Gasteiger partial charge in [0.15, 0.2) is 0 Å². The molecule has 3 N–H and O–H groups in total. The summed E-state index contributed by atoms with van der Waals surface area (Å²) in [6.45, 7) is 4.00. The number of hydrogen-bond acceptors (Lipinski definition) is 6. The first-order valence-electron chi connectivity index (χ1n) is 10.9. The Kier molecular flexibility index (Phi) is 6.81. The third-order valence-electron chi connectivity index (χ3n) is 6.09. The molecule has 2 fully saturated rings. The molecule has 4 rings (SSSR count). The summed E-state index contributed by atoms with van der Waals surface area (Å²) in [5.41, 5.74) is 1.70. The largest absolute Gasteiger partial charge is 0.491 e. The minimum Gasteiger partial charge on any atom is -0.491 e. The van der Waals surface area contributed by atoms with E-state index in [1.54, 1.807) is 6.92 Å². The number of ether oxygens (including phenoxy) is 1. The Morgan fingerprint density at radius 2 is 2.18 bits per heavy atom. The maximum Gasteiger partial charge on any atom is 0.258 e. The van der Waals surface area contributed by atoms with E-state index in [0.717, 1.165) is 12.5 Å². The fraction of sp³-hybridized carbons (Fsp3) is 0.435. The molecule has 0 saturated carbocycles. The maximum atomic E-state index is 14.3. The number of carbonyl (C=O) groups excluding carboxylic acids is 1. The van der Waals surface area contributed by atoms with Crippen molar-refractivity contribution < 1.29 is 18.3 Å². The van der Waals surface area contributed by atoms with Crippen LogP contribution in [-0.2, 0) is 0 Å². The number of likely N-dealkylation sites (tertiary alicyclic amines) is 1. The Morgan fingerprint density at radius 1 is 1.39 bits per heavy atom. The first-order chi connectivity index (χ1) is 15.8. The van der Waals surface area contributed by atoms with Crippen LogP contribution in [0.4, 0.5) is 8.78 Å². The molecule has 0 bridgehead atoms. The predicted molar refractivity (Wildman–Crippen MR) is 123 cm³/mol. The molecule has 1 aromatic carbocycles. The van der Waals surface area contributed by atoms with Crippen LogP contribution in [0.1, 0.15) is 37.0 Å². The Hall–Kier alpha value is -2.78. The zero-order valence-electron chi connectivity index (χ0n) is 18.4. The number of amides is 1. The lowest BCUT2D eigenvalue weighted by Crippen LogP contribution is -2.37. The molecule has 2 saturated heterocycles. The zero-order valence-corrected chi connectivity index (χ0v) is 19.2. The van der Waals surface area contributed by atoms with Gasteiger partial charge in [0.25, 0.3) is 5.91 Å². The monoisotopic (exact) mass is 477 g/mol. The van der Waals surface area contributed by atoms with Crippen LogP contribution in [0.5, 0.6) is 5.75 Å². The van der Waals surface area contributed by atoms with Crippen LogP contribution in [0.25, 0.3) is 0 Å². The second-order valence-corrected chi connectivity index (χ2v) is 8.81. The van der Waals surface area contributed by atoms with Crippen molar-refractivity contribution in [1.82, 2.24) is 15.5 Å². The summed E-state index contributed by atoms with van der Waals surface area (Å²) in [5.74, 6) is -0.431. The lowest BCUT2D eigenvalue weighted by Gasteiger charge is -2.20. The number of allylic oxidation sites excluding steroid dienone is 2. The molecular weight excluding hydrogens is 452 g/mol. The molecule has 1 aromatic rings. The molecule has 1 amide bonds. The fourth-order valence-electron chi connectivity index (χ4n) is 4.12. The number of carbonyl (C=O) groups is 1. The number of alkyl halides is 1. The molecule has 3 atom stereocenters. The van der Waals surface area contributed by atoms with E-state index in [2.05, 4.69) is 15.6 Å². The molecule has 3 unspecified atom stereocenters. The molecule has 0 aromatic heterocycles. The van der Waals surface area contributed by atoms with Gasteiger partial charge in [0.1, 0.15) is 30.2 Å². The van der Waals surface area contributed by atoms with E-state index in [0.29, 0.717) is 28.5 Å². The van der Waals surface area contributed by atoms with Crippen LogP contribution in [0, 0.1) is 11.2 Å². The number of halogens is 3. The van der Waals surface area contributed by atoms with Gasteiger partial charge in [0.05, 0.1) is 35.4 Å². The average molecular weight is 478 g/mol. The molecule has 3 aliphatic rings. The van der Waals surface area contributed by atoms with Crippen LogP contribution >= 0.6 is 11.6 Å². The standard InChI is InChI=1S/C23H26ClF2N5O2/c1-3-14-7-18(26)20(30-14)11-33-21-6-13(25)4-5-15(21)23(32)31-9-16(19(27)10-31)22-28-8-17(24)12(2)29-22/h4-6,8,14,18,20,27,29-30H,3,7,9-11H2,1-2H3/b22-16-,27-19?. The summed E-state index contributed by atoms with van der Waals surface area (Å²) in [6.07, 6.45) is 1.64. The Balaban J connectivity index is 1.50. The summed E-state index contributed by atoms with van der Waals surface area (Å²) in [4.78, 5) is 19.0. The highest BCUT2D eigenvalue weighted by Crippen LogP contribution is 2.27. The summed E-state index contributed by atoms with van der Waals surface area (Å²) in [5, 5.41) is 15.0. The Bertz CT molecular complexity index is 1070. The molecule has 10 heteroatoms. The molecule has 176 valence electrons. The number of aliphatic imine (C=N–C) groups is 1. The SMILES string of the molecule is CCC1CC(F)C(COc2cc(F)ccc2C(=O)N2CC(=N)/C(=C3/N=CC(Cl)=C(C)N3)C2)N1. The fourth-order valence-corrected chi connectivity index (χ4v) is 4.22. The van der Waals surface area contributed by atoms with Gasteiger partial charge in [-0.2, -0.15) is 0 Å². The van der Waals surface area contributed by atoms with Crippen molar-refractivity contribution in [2.24, 2.45) is 4.99 Å². The molecule has 7 nitrogen and oxygen atoms in total. The highest BCUT2D eigenvalue weighted by Gasteiger charge is 2.34. The number of benzene rings is 1. The van der Waals surface area contributed by atoms with Crippen molar-refractivity contribution in [2.75, 3.05) is 19.7 Å². The third-order valence-corrected chi connectivity index (χ3v) is 6.47. The van der Waals surface area contributed by atoms with Crippen LogP contribution in [0.3, 0.4) is 0 Å². The Labute approximate surface area is 196 Å². The third kappa shape index (κ3) is 4.94. The van der Waals surface area contributed by atoms with Crippen molar-refractivity contribution in [3.8, 4) is 5.75 Å². The summed E-state index contributed by atoms with van der Waals surface area (Å²) < 4.78 is 33.9. The first kappa shape index (κ1) is 23.4. The average Bonchev–Trinajstić information content (AvgIpc) is 3.36. The predicted octanol–water partition coefficient (Wildman–Crippen LogP) is 3.51. The van der Waals surface area contributed by atoms with E-state index in [1.807, 2.05) is 6.92 Å². The maximum absolute atomic E-state index is 14.3. The van der Waals surface area contributed by atoms with E-state index in [-0.39, 0.29) is 42.8 Å². The van der Waals surface area contributed by atoms with Crippen LogP contribution in [-0.4, -0.2) is 60.7 Å². The van der Waals surface area contributed by atoms with Gasteiger partial charge in [-0.15, -0.1) is 0 Å². The lowest BCUT2D eigenvalue weighted by atomic mass is 10.1. The zero-order chi connectivity index (χ0) is 23.7. The van der Waals surface area contributed by atoms with Gasteiger partial charge in [0.2, 0.25) is 0 Å². The topological polar surface area (TPSA) is 89.8 Å². The second kappa shape index (κ2) is 9.61. The van der Waals surface area contributed by atoms with E-state index in [9.17, 15) is 13.6 Å². The van der Waals surface area contributed by atoms with Gasteiger partial charge < -0.3 is 25.7 Å². The van der Waals surface area contributed by atoms with Gasteiger partial charge in [-0.05, 0) is 31.9 Å². The molecule has 0 radical (unpaired) electrons. The first-order valence-corrected chi connectivity index (χ1v) is 11.2. The normalized spacial score (nSPS) is 27.4. The number of nitrogens with zero attached hydrogens (tertiary/aromatic N) is 2. The van der Waals surface area contributed by atoms with E-state index in [4.69, 9.17) is 21.7 Å². The van der Waals surface area contributed by atoms with Crippen LogP contribution in [0.2, 0.25) is 0 Å². The van der Waals surface area contributed by atoms with E-state index < -0.39 is 23.9 Å². The van der Waals surface area contributed by atoms with Gasteiger partial charge >= 0.3 is 0 Å². The van der Waals surface area contributed by atoms with Crippen LogP contribution < -0.4 is 15.4 Å². The molecule has 0 spiro atoms.